The predicted octanol–water partition coefficient (Wildman–Crippen LogP) is 2.52. The molecule has 0 amide bonds. The lowest BCUT2D eigenvalue weighted by Gasteiger charge is -2.44. The van der Waals surface area contributed by atoms with Crippen LogP contribution >= 0.6 is 23.4 Å². The van der Waals surface area contributed by atoms with Gasteiger partial charge in [-0.2, -0.15) is 0 Å². The quantitative estimate of drug-likeness (QED) is 0.431. The van der Waals surface area contributed by atoms with Crippen LogP contribution in [0.4, 0.5) is 0 Å². The van der Waals surface area contributed by atoms with Crippen LogP contribution in [0.1, 0.15) is 27.7 Å². The molecule has 0 aromatic heterocycles. The molecule has 170 valence electrons. The molecule has 0 aliphatic carbocycles. The van der Waals surface area contributed by atoms with E-state index < -0.39 is 53.7 Å². The fraction of sp³-hybridized carbons (Fsp3) is 0.500. The Bertz CT molecular complexity index is 813. The molecule has 0 radical (unpaired) electrons. The van der Waals surface area contributed by atoms with Crippen LogP contribution in [0.5, 0.6) is 0 Å². The minimum atomic E-state index is -1.19. The van der Waals surface area contributed by atoms with E-state index in [0.717, 1.165) is 4.90 Å². The largest absolute Gasteiger partial charge is 0.463 e. The maximum absolute atomic E-state index is 11.8. The molecule has 1 aliphatic heterocycles. The number of benzene rings is 1. The first-order valence-corrected chi connectivity index (χ1v) is 10.5. The molecule has 1 aromatic carbocycles. The summed E-state index contributed by atoms with van der Waals surface area (Å²) in [7, 11) is 0. The summed E-state index contributed by atoms with van der Waals surface area (Å²) < 4.78 is 27.2. The molecule has 0 bridgehead atoms. The molecule has 1 heterocycles. The van der Waals surface area contributed by atoms with Gasteiger partial charge in [0.1, 0.15) is 18.1 Å². The Morgan fingerprint density at radius 2 is 1.35 bits per heavy atom. The van der Waals surface area contributed by atoms with Gasteiger partial charge in [0, 0.05) is 37.6 Å². The summed E-state index contributed by atoms with van der Waals surface area (Å²) in [5.41, 5.74) is -0.873. The minimum absolute atomic E-state index is 0.268. The number of carbonyl (C=O) groups is 4. The van der Waals surface area contributed by atoms with Crippen LogP contribution in [0, 0.1) is 0 Å². The van der Waals surface area contributed by atoms with Gasteiger partial charge < -0.3 is 23.7 Å². The van der Waals surface area contributed by atoms with Gasteiger partial charge >= 0.3 is 23.9 Å². The SMILES string of the molecule is CC(=O)OC[C@H]1O[C@@H](Sc2ccc(Cl)cc2)[C@H](OC(C)=O)[C@@H](OC(C)=O)[C@H]1OC(C)=O. The van der Waals surface area contributed by atoms with E-state index in [-0.39, 0.29) is 6.61 Å². The second-order valence-electron chi connectivity index (χ2n) is 6.64. The summed E-state index contributed by atoms with van der Waals surface area (Å²) in [5, 5.41) is 0.533. The first-order valence-electron chi connectivity index (χ1n) is 9.29. The normalized spacial score (nSPS) is 25.3. The summed E-state index contributed by atoms with van der Waals surface area (Å²) in [6, 6.07) is 6.83. The maximum atomic E-state index is 11.8. The van der Waals surface area contributed by atoms with Crippen LogP contribution in [-0.2, 0) is 42.9 Å². The van der Waals surface area contributed by atoms with E-state index in [1.165, 1.54) is 39.5 Å². The fourth-order valence-electron chi connectivity index (χ4n) is 2.93. The second-order valence-corrected chi connectivity index (χ2v) is 8.25. The van der Waals surface area contributed by atoms with Gasteiger partial charge in [0.2, 0.25) is 0 Å². The van der Waals surface area contributed by atoms with E-state index in [1.807, 2.05) is 0 Å². The van der Waals surface area contributed by atoms with E-state index >= 15 is 0 Å². The van der Waals surface area contributed by atoms with E-state index in [0.29, 0.717) is 5.02 Å². The molecule has 9 nitrogen and oxygen atoms in total. The lowest BCUT2D eigenvalue weighted by molar-refractivity contribution is -0.237. The number of hydrogen-bond acceptors (Lipinski definition) is 10. The maximum Gasteiger partial charge on any atom is 0.303 e. The van der Waals surface area contributed by atoms with Gasteiger partial charge in [-0.3, -0.25) is 19.2 Å². The van der Waals surface area contributed by atoms with Crippen LogP contribution in [0.25, 0.3) is 0 Å². The molecule has 0 saturated carbocycles. The average Bonchev–Trinajstić information content (AvgIpc) is 2.65. The van der Waals surface area contributed by atoms with Crippen molar-refractivity contribution >= 4 is 47.2 Å². The summed E-state index contributed by atoms with van der Waals surface area (Å²) in [4.78, 5) is 47.4. The summed E-state index contributed by atoms with van der Waals surface area (Å²) in [6.07, 6.45) is -4.45. The number of esters is 4. The van der Waals surface area contributed by atoms with Crippen molar-refractivity contribution in [3.05, 3.63) is 29.3 Å². The molecular formula is C20H23ClO9S. The molecule has 0 unspecified atom stereocenters. The van der Waals surface area contributed by atoms with E-state index in [4.69, 9.17) is 35.3 Å². The van der Waals surface area contributed by atoms with E-state index in [1.54, 1.807) is 24.3 Å². The third kappa shape index (κ3) is 7.71. The second kappa shape index (κ2) is 11.4. The van der Waals surface area contributed by atoms with Crippen molar-refractivity contribution in [1.82, 2.24) is 0 Å². The van der Waals surface area contributed by atoms with Crippen LogP contribution in [0.15, 0.2) is 29.2 Å². The molecule has 0 N–H and O–H groups in total. The third-order valence-corrected chi connectivity index (χ3v) is 5.42. The number of rotatable bonds is 7. The predicted molar refractivity (Wildman–Crippen MR) is 109 cm³/mol. The van der Waals surface area contributed by atoms with Crippen molar-refractivity contribution in [2.24, 2.45) is 0 Å². The molecule has 1 aromatic rings. The Hall–Kier alpha value is -2.30. The van der Waals surface area contributed by atoms with Crippen molar-refractivity contribution in [3.8, 4) is 0 Å². The van der Waals surface area contributed by atoms with Gasteiger partial charge in [-0.1, -0.05) is 23.4 Å². The van der Waals surface area contributed by atoms with Gasteiger partial charge in [0.15, 0.2) is 18.3 Å². The van der Waals surface area contributed by atoms with Crippen LogP contribution in [-0.4, -0.2) is 60.3 Å². The van der Waals surface area contributed by atoms with Crippen molar-refractivity contribution < 1.29 is 42.9 Å². The molecule has 1 aliphatic rings. The van der Waals surface area contributed by atoms with Gasteiger partial charge in [-0.05, 0) is 24.3 Å². The smallest absolute Gasteiger partial charge is 0.303 e. The zero-order chi connectivity index (χ0) is 23.1. The summed E-state index contributed by atoms with van der Waals surface area (Å²) in [5.74, 6) is -2.57. The molecule has 1 fully saturated rings. The topological polar surface area (TPSA) is 114 Å². The molecule has 1 saturated heterocycles. The highest BCUT2D eigenvalue weighted by atomic mass is 35.5. The highest BCUT2D eigenvalue weighted by Gasteiger charge is 2.52. The zero-order valence-electron chi connectivity index (χ0n) is 17.4. The Morgan fingerprint density at radius 3 is 1.87 bits per heavy atom. The molecule has 0 spiro atoms. The third-order valence-electron chi connectivity index (χ3n) is 4.01. The lowest BCUT2D eigenvalue weighted by Crippen LogP contribution is -2.61. The number of halogens is 1. The lowest BCUT2D eigenvalue weighted by atomic mass is 9.99. The number of hydrogen-bond donors (Lipinski definition) is 0. The molecule has 31 heavy (non-hydrogen) atoms. The first kappa shape index (κ1) is 25.0. The summed E-state index contributed by atoms with van der Waals surface area (Å²) in [6.45, 7) is 4.49. The van der Waals surface area contributed by atoms with Crippen LogP contribution in [0.2, 0.25) is 5.02 Å². The van der Waals surface area contributed by atoms with Gasteiger partial charge in [-0.25, -0.2) is 0 Å². The van der Waals surface area contributed by atoms with Gasteiger partial charge in [0.05, 0.1) is 0 Å². The number of thioether (sulfide) groups is 1. The molecule has 11 heteroatoms. The van der Waals surface area contributed by atoms with E-state index in [9.17, 15) is 19.2 Å². The molecule has 5 atom stereocenters. The average molecular weight is 475 g/mol. The van der Waals surface area contributed by atoms with E-state index in [2.05, 4.69) is 0 Å². The van der Waals surface area contributed by atoms with Crippen LogP contribution in [0.3, 0.4) is 0 Å². The molecular weight excluding hydrogens is 452 g/mol. The minimum Gasteiger partial charge on any atom is -0.463 e. The van der Waals surface area contributed by atoms with Gasteiger partial charge in [-0.15, -0.1) is 0 Å². The highest BCUT2D eigenvalue weighted by molar-refractivity contribution is 7.99. The van der Waals surface area contributed by atoms with Gasteiger partial charge in [0.25, 0.3) is 0 Å². The van der Waals surface area contributed by atoms with Crippen molar-refractivity contribution in [3.63, 3.8) is 0 Å². The summed E-state index contributed by atoms with van der Waals surface area (Å²) >= 11 is 7.11. The number of carbonyl (C=O) groups excluding carboxylic acids is 4. The monoisotopic (exact) mass is 474 g/mol. The Kier molecular flexibility index (Phi) is 9.15. The first-order chi connectivity index (χ1) is 14.6. The number of ether oxygens (including phenoxy) is 5. The fourth-order valence-corrected chi connectivity index (χ4v) is 4.16. The van der Waals surface area contributed by atoms with Crippen molar-refractivity contribution in [2.75, 3.05) is 6.61 Å². The Balaban J connectivity index is 2.43. The Labute approximate surface area is 188 Å². The standard InChI is InChI=1S/C20H23ClO9S/c1-10(22)26-9-16-17(27-11(2)23)18(28-12(3)24)19(29-13(4)25)20(30-16)31-15-7-5-14(21)6-8-15/h5-8,16-20H,9H2,1-4H3/t16-,17+,18+,19-,20+/m1/s1. The van der Waals surface area contributed by atoms with Crippen molar-refractivity contribution in [1.29, 1.82) is 0 Å². The van der Waals surface area contributed by atoms with Crippen molar-refractivity contribution in [2.45, 2.75) is 62.4 Å². The Morgan fingerprint density at radius 1 is 0.839 bits per heavy atom. The molecule has 2 rings (SSSR count). The highest BCUT2D eigenvalue weighted by Crippen LogP contribution is 2.37. The zero-order valence-corrected chi connectivity index (χ0v) is 18.9. The van der Waals surface area contributed by atoms with Crippen LogP contribution < -0.4 is 0 Å².